The van der Waals surface area contributed by atoms with E-state index >= 15 is 0 Å². The highest BCUT2D eigenvalue weighted by Crippen LogP contribution is 2.14. The normalized spacial score (nSPS) is 10.2. The zero-order valence-electron chi connectivity index (χ0n) is 10.8. The summed E-state index contributed by atoms with van der Waals surface area (Å²) >= 11 is 0. The number of amides is 1. The molecule has 1 aromatic heterocycles. The van der Waals surface area contributed by atoms with Crippen LogP contribution >= 0.6 is 0 Å². The van der Waals surface area contributed by atoms with Crippen LogP contribution in [-0.2, 0) is 17.8 Å². The van der Waals surface area contributed by atoms with Gasteiger partial charge < -0.3 is 4.90 Å². The molecule has 1 N–H and O–H groups in total. The summed E-state index contributed by atoms with van der Waals surface area (Å²) in [5.74, 6) is 0.432. The van der Waals surface area contributed by atoms with Crippen LogP contribution in [0.25, 0.3) is 0 Å². The Morgan fingerprint density at radius 1 is 1.50 bits per heavy atom. The van der Waals surface area contributed by atoms with Gasteiger partial charge in [-0.05, 0) is 5.56 Å². The largest absolute Gasteiger partial charge is 0.338 e. The van der Waals surface area contributed by atoms with Crippen molar-refractivity contribution in [2.24, 2.45) is 0 Å². The highest BCUT2D eigenvalue weighted by atomic mass is 16.6. The van der Waals surface area contributed by atoms with Crippen LogP contribution in [-0.4, -0.2) is 38.0 Å². The average molecular weight is 275 g/mol. The SMILES string of the molecule is CN(Cc1ncn[nH]1)C(=O)Cc1cccc([N+](=O)[O-])c1. The summed E-state index contributed by atoms with van der Waals surface area (Å²) in [5.41, 5.74) is 0.585. The van der Waals surface area contributed by atoms with Crippen molar-refractivity contribution < 1.29 is 9.72 Å². The van der Waals surface area contributed by atoms with Crippen molar-refractivity contribution in [2.75, 3.05) is 7.05 Å². The summed E-state index contributed by atoms with van der Waals surface area (Å²) in [6.07, 6.45) is 1.47. The zero-order chi connectivity index (χ0) is 14.5. The number of carbonyl (C=O) groups is 1. The smallest absolute Gasteiger partial charge is 0.269 e. The molecule has 0 fully saturated rings. The topological polar surface area (TPSA) is 105 Å². The van der Waals surface area contributed by atoms with Gasteiger partial charge in [0.1, 0.15) is 12.2 Å². The van der Waals surface area contributed by atoms with Crippen LogP contribution in [0.3, 0.4) is 0 Å². The van der Waals surface area contributed by atoms with E-state index in [0.29, 0.717) is 17.9 Å². The molecule has 0 aliphatic carbocycles. The fourth-order valence-corrected chi connectivity index (χ4v) is 1.71. The molecule has 0 atom stereocenters. The molecule has 0 saturated heterocycles. The van der Waals surface area contributed by atoms with Gasteiger partial charge in [0.15, 0.2) is 0 Å². The maximum absolute atomic E-state index is 12.0. The minimum atomic E-state index is -0.480. The van der Waals surface area contributed by atoms with Gasteiger partial charge in [-0.2, -0.15) is 5.10 Å². The second-order valence-corrected chi connectivity index (χ2v) is 4.29. The summed E-state index contributed by atoms with van der Waals surface area (Å²) in [5, 5.41) is 17.0. The Bertz CT molecular complexity index is 611. The second-order valence-electron chi connectivity index (χ2n) is 4.29. The molecule has 0 aliphatic rings. The third-order valence-corrected chi connectivity index (χ3v) is 2.75. The Labute approximate surface area is 114 Å². The molecule has 0 spiro atoms. The number of carbonyl (C=O) groups excluding carboxylic acids is 1. The molecule has 8 nitrogen and oxygen atoms in total. The molecule has 1 aromatic carbocycles. The van der Waals surface area contributed by atoms with E-state index < -0.39 is 4.92 Å². The number of nitrogens with one attached hydrogen (secondary N) is 1. The molecule has 2 aromatic rings. The van der Waals surface area contributed by atoms with Crippen LogP contribution in [0.4, 0.5) is 5.69 Å². The quantitative estimate of drug-likeness (QED) is 0.645. The van der Waals surface area contributed by atoms with Crippen LogP contribution in [0, 0.1) is 10.1 Å². The number of nitrogens with zero attached hydrogens (tertiary/aromatic N) is 4. The highest BCUT2D eigenvalue weighted by Gasteiger charge is 2.13. The summed E-state index contributed by atoms with van der Waals surface area (Å²) in [6, 6.07) is 6.05. The Hall–Kier alpha value is -2.77. The van der Waals surface area contributed by atoms with Crippen molar-refractivity contribution in [3.63, 3.8) is 0 Å². The lowest BCUT2D eigenvalue weighted by atomic mass is 10.1. The van der Waals surface area contributed by atoms with Gasteiger partial charge in [-0.25, -0.2) is 4.98 Å². The molecule has 0 aliphatic heterocycles. The molecule has 1 heterocycles. The van der Waals surface area contributed by atoms with Crippen LogP contribution in [0.15, 0.2) is 30.6 Å². The molecule has 0 saturated carbocycles. The fourth-order valence-electron chi connectivity index (χ4n) is 1.71. The Morgan fingerprint density at radius 3 is 2.95 bits per heavy atom. The van der Waals surface area contributed by atoms with Crippen molar-refractivity contribution in [1.29, 1.82) is 0 Å². The molecule has 104 valence electrons. The number of nitro groups is 1. The maximum Gasteiger partial charge on any atom is 0.269 e. The van der Waals surface area contributed by atoms with Crippen LogP contribution in [0.1, 0.15) is 11.4 Å². The molecule has 1 amide bonds. The number of hydrogen-bond acceptors (Lipinski definition) is 5. The van der Waals surface area contributed by atoms with E-state index in [1.165, 1.54) is 23.4 Å². The van der Waals surface area contributed by atoms with Crippen LogP contribution in [0.5, 0.6) is 0 Å². The lowest BCUT2D eigenvalue weighted by molar-refractivity contribution is -0.384. The van der Waals surface area contributed by atoms with E-state index in [9.17, 15) is 14.9 Å². The third kappa shape index (κ3) is 3.37. The van der Waals surface area contributed by atoms with E-state index in [4.69, 9.17) is 0 Å². The number of aromatic nitrogens is 3. The number of rotatable bonds is 5. The molecular formula is C12H13N5O3. The fraction of sp³-hybridized carbons (Fsp3) is 0.250. The van der Waals surface area contributed by atoms with Gasteiger partial charge in [0.2, 0.25) is 5.91 Å². The number of H-pyrrole nitrogens is 1. The van der Waals surface area contributed by atoms with Gasteiger partial charge in [0.25, 0.3) is 5.69 Å². The molecular weight excluding hydrogens is 262 g/mol. The first-order chi connectivity index (χ1) is 9.56. The van der Waals surface area contributed by atoms with Crippen molar-refractivity contribution in [3.8, 4) is 0 Å². The predicted octanol–water partition coefficient (Wildman–Crippen LogP) is 0.914. The van der Waals surface area contributed by atoms with Gasteiger partial charge >= 0.3 is 0 Å². The number of benzene rings is 1. The maximum atomic E-state index is 12.0. The van der Waals surface area contributed by atoms with E-state index in [0.717, 1.165) is 0 Å². The van der Waals surface area contributed by atoms with Gasteiger partial charge in [-0.15, -0.1) is 0 Å². The van der Waals surface area contributed by atoms with E-state index in [1.54, 1.807) is 19.2 Å². The van der Waals surface area contributed by atoms with E-state index in [2.05, 4.69) is 15.2 Å². The first-order valence-corrected chi connectivity index (χ1v) is 5.88. The van der Waals surface area contributed by atoms with Gasteiger partial charge in [-0.3, -0.25) is 20.0 Å². The van der Waals surface area contributed by atoms with Crippen molar-refractivity contribution in [3.05, 3.63) is 52.1 Å². The van der Waals surface area contributed by atoms with Crippen LogP contribution < -0.4 is 0 Å². The van der Waals surface area contributed by atoms with Gasteiger partial charge in [0, 0.05) is 19.2 Å². The minimum absolute atomic E-state index is 0.0202. The van der Waals surface area contributed by atoms with E-state index in [1.807, 2.05) is 0 Å². The number of likely N-dealkylation sites (N-methyl/N-ethyl adjacent to an activating group) is 1. The molecule has 2 rings (SSSR count). The molecule has 20 heavy (non-hydrogen) atoms. The summed E-state index contributed by atoms with van der Waals surface area (Å²) in [6.45, 7) is 0.313. The Balaban J connectivity index is 2.00. The average Bonchev–Trinajstić information content (AvgIpc) is 2.91. The molecule has 0 radical (unpaired) electrons. The monoisotopic (exact) mass is 275 g/mol. The minimum Gasteiger partial charge on any atom is -0.338 e. The standard InChI is InChI=1S/C12H13N5O3/c1-16(7-11-13-8-14-15-11)12(18)6-9-3-2-4-10(5-9)17(19)20/h2-5,8H,6-7H2,1H3,(H,13,14,15). The number of non-ortho nitro benzene ring substituents is 1. The first-order valence-electron chi connectivity index (χ1n) is 5.88. The lowest BCUT2D eigenvalue weighted by Gasteiger charge is -2.15. The summed E-state index contributed by atoms with van der Waals surface area (Å²) in [7, 11) is 1.64. The highest BCUT2D eigenvalue weighted by molar-refractivity contribution is 5.78. The third-order valence-electron chi connectivity index (χ3n) is 2.75. The number of hydrogen-bond donors (Lipinski definition) is 1. The first kappa shape index (κ1) is 13.7. The Morgan fingerprint density at radius 2 is 2.30 bits per heavy atom. The number of aromatic amines is 1. The van der Waals surface area contributed by atoms with Gasteiger partial charge in [0.05, 0.1) is 17.9 Å². The molecule has 8 heteroatoms. The van der Waals surface area contributed by atoms with Crippen LogP contribution in [0.2, 0.25) is 0 Å². The predicted molar refractivity (Wildman–Crippen MR) is 69.7 cm³/mol. The van der Waals surface area contributed by atoms with Crippen molar-refractivity contribution in [2.45, 2.75) is 13.0 Å². The van der Waals surface area contributed by atoms with Crippen molar-refractivity contribution in [1.82, 2.24) is 20.1 Å². The Kier molecular flexibility index (Phi) is 4.04. The van der Waals surface area contributed by atoms with Crippen molar-refractivity contribution >= 4 is 11.6 Å². The summed E-state index contributed by atoms with van der Waals surface area (Å²) in [4.78, 5) is 27.6. The molecule has 0 unspecified atom stereocenters. The lowest BCUT2D eigenvalue weighted by Crippen LogP contribution is -2.28. The zero-order valence-corrected chi connectivity index (χ0v) is 10.8. The molecule has 0 bridgehead atoms. The second kappa shape index (κ2) is 5.91. The van der Waals surface area contributed by atoms with E-state index in [-0.39, 0.29) is 18.0 Å². The summed E-state index contributed by atoms with van der Waals surface area (Å²) < 4.78 is 0. The van der Waals surface area contributed by atoms with Gasteiger partial charge in [-0.1, -0.05) is 12.1 Å². The number of nitro benzene ring substituents is 1.